The fourth-order valence-electron chi connectivity index (χ4n) is 2.89. The molecule has 0 N–H and O–H groups in total. The van der Waals surface area contributed by atoms with Gasteiger partial charge in [-0.25, -0.2) is 17.5 Å². The molecule has 27 heavy (non-hydrogen) atoms. The molecule has 7 nitrogen and oxygen atoms in total. The molecule has 2 rings (SSSR count). The number of sulfonamides is 1. The smallest absolute Gasteiger partial charge is 0.338 e. The molecule has 0 aromatic heterocycles. The molecule has 0 radical (unpaired) electrons. The van der Waals surface area contributed by atoms with Crippen molar-refractivity contribution in [3.63, 3.8) is 0 Å². The summed E-state index contributed by atoms with van der Waals surface area (Å²) in [6.45, 7) is 2.01. The Bertz CT molecular complexity index is 830. The van der Waals surface area contributed by atoms with E-state index in [0.717, 1.165) is 35.7 Å². The molecule has 1 amide bonds. The first-order valence-electron chi connectivity index (χ1n) is 8.96. The zero-order valence-electron chi connectivity index (χ0n) is 16.0. The van der Waals surface area contributed by atoms with Gasteiger partial charge in [0.05, 0.1) is 10.5 Å². The largest absolute Gasteiger partial charge is 0.452 e. The van der Waals surface area contributed by atoms with Gasteiger partial charge in [-0.3, -0.25) is 4.79 Å². The highest BCUT2D eigenvalue weighted by Crippen LogP contribution is 2.21. The number of rotatable bonds is 7. The topological polar surface area (TPSA) is 84.0 Å². The van der Waals surface area contributed by atoms with E-state index in [0.29, 0.717) is 6.54 Å². The molecule has 1 aromatic rings. The molecule has 1 aromatic carbocycles. The molecule has 0 saturated carbocycles. The molecule has 0 bridgehead atoms. The average molecular weight is 394 g/mol. The highest BCUT2D eigenvalue weighted by molar-refractivity contribution is 7.89. The summed E-state index contributed by atoms with van der Waals surface area (Å²) in [4.78, 5) is 26.3. The standard InChI is InChI=1S/C19H26N2O5S/c1-4-21(16-10-6-5-7-11-16)18(22)14-26-19(23)15-9-8-12-17(13-15)27(24,25)20(2)3/h8-10,12-13H,4-7,11,14H2,1-3H3. The summed E-state index contributed by atoms with van der Waals surface area (Å²) in [6, 6.07) is 5.59. The quantitative estimate of drug-likeness (QED) is 0.663. The molecule has 0 unspecified atom stereocenters. The number of carbonyl (C=O) groups is 2. The van der Waals surface area contributed by atoms with Crippen LogP contribution in [0.3, 0.4) is 0 Å². The second-order valence-electron chi connectivity index (χ2n) is 6.47. The van der Waals surface area contributed by atoms with Gasteiger partial charge in [0, 0.05) is 26.3 Å². The van der Waals surface area contributed by atoms with Crippen molar-refractivity contribution in [3.05, 3.63) is 41.6 Å². The lowest BCUT2D eigenvalue weighted by Crippen LogP contribution is -2.34. The van der Waals surface area contributed by atoms with Crippen molar-refractivity contribution >= 4 is 21.9 Å². The van der Waals surface area contributed by atoms with Crippen LogP contribution >= 0.6 is 0 Å². The summed E-state index contributed by atoms with van der Waals surface area (Å²) in [5.74, 6) is -1.01. The number of ether oxygens (including phenoxy) is 1. The van der Waals surface area contributed by atoms with Gasteiger partial charge in [-0.2, -0.15) is 0 Å². The van der Waals surface area contributed by atoms with E-state index >= 15 is 0 Å². The van der Waals surface area contributed by atoms with Crippen LogP contribution in [0.2, 0.25) is 0 Å². The summed E-state index contributed by atoms with van der Waals surface area (Å²) in [5, 5.41) is 0. The van der Waals surface area contributed by atoms with Crippen LogP contribution in [0.5, 0.6) is 0 Å². The fraction of sp³-hybridized carbons (Fsp3) is 0.474. The van der Waals surface area contributed by atoms with Crippen molar-refractivity contribution in [2.24, 2.45) is 0 Å². The maximum atomic E-state index is 12.4. The molecule has 0 atom stereocenters. The summed E-state index contributed by atoms with van der Waals surface area (Å²) in [7, 11) is -0.823. The first kappa shape index (κ1) is 21.1. The van der Waals surface area contributed by atoms with Crippen molar-refractivity contribution in [2.45, 2.75) is 37.5 Å². The van der Waals surface area contributed by atoms with Gasteiger partial charge < -0.3 is 9.64 Å². The number of hydrogen-bond acceptors (Lipinski definition) is 5. The summed E-state index contributed by atoms with van der Waals surface area (Å²) < 4.78 is 30.6. The Morgan fingerprint density at radius 3 is 2.52 bits per heavy atom. The van der Waals surface area contributed by atoms with Gasteiger partial charge in [0.1, 0.15) is 0 Å². The predicted molar refractivity (Wildman–Crippen MR) is 102 cm³/mol. The van der Waals surface area contributed by atoms with E-state index in [-0.39, 0.29) is 23.0 Å². The van der Waals surface area contributed by atoms with Crippen LogP contribution in [0.25, 0.3) is 0 Å². The van der Waals surface area contributed by atoms with E-state index in [1.807, 2.05) is 6.92 Å². The molecule has 0 saturated heterocycles. The second-order valence-corrected chi connectivity index (χ2v) is 8.62. The molecular formula is C19H26N2O5S. The van der Waals surface area contributed by atoms with Gasteiger partial charge in [0.2, 0.25) is 10.0 Å². The van der Waals surface area contributed by atoms with Gasteiger partial charge >= 0.3 is 5.97 Å². The van der Waals surface area contributed by atoms with Gasteiger partial charge in [-0.1, -0.05) is 12.1 Å². The lowest BCUT2D eigenvalue weighted by molar-refractivity contribution is -0.132. The van der Waals surface area contributed by atoms with Crippen LogP contribution in [0.1, 0.15) is 43.0 Å². The third-order valence-electron chi connectivity index (χ3n) is 4.41. The summed E-state index contributed by atoms with van der Waals surface area (Å²) >= 11 is 0. The van der Waals surface area contributed by atoms with E-state index in [1.165, 1.54) is 38.4 Å². The number of hydrogen-bond donors (Lipinski definition) is 0. The van der Waals surface area contributed by atoms with E-state index in [9.17, 15) is 18.0 Å². The van der Waals surface area contributed by atoms with Crippen molar-refractivity contribution in [3.8, 4) is 0 Å². The van der Waals surface area contributed by atoms with Crippen LogP contribution in [0, 0.1) is 0 Å². The Labute approximate surface area is 160 Å². The lowest BCUT2D eigenvalue weighted by Gasteiger charge is -2.26. The van der Waals surface area contributed by atoms with Crippen molar-refractivity contribution < 1.29 is 22.7 Å². The lowest BCUT2D eigenvalue weighted by atomic mass is 10.0. The minimum absolute atomic E-state index is 0.00387. The number of carbonyl (C=O) groups excluding carboxylic acids is 2. The summed E-state index contributed by atoms with van der Waals surface area (Å²) in [5.41, 5.74) is 1.06. The van der Waals surface area contributed by atoms with E-state index in [1.54, 1.807) is 4.90 Å². The van der Waals surface area contributed by atoms with Gasteiger partial charge in [-0.15, -0.1) is 0 Å². The number of likely N-dealkylation sites (N-methyl/N-ethyl adjacent to an activating group) is 1. The Kier molecular flexibility index (Phi) is 7.15. The third kappa shape index (κ3) is 5.17. The first-order valence-corrected chi connectivity index (χ1v) is 10.4. The van der Waals surface area contributed by atoms with Crippen molar-refractivity contribution in [1.29, 1.82) is 0 Å². The monoisotopic (exact) mass is 394 g/mol. The van der Waals surface area contributed by atoms with Gasteiger partial charge in [0.25, 0.3) is 5.91 Å². The normalized spacial score (nSPS) is 14.6. The Morgan fingerprint density at radius 2 is 1.93 bits per heavy atom. The van der Waals surface area contributed by atoms with Crippen LogP contribution in [-0.4, -0.2) is 56.7 Å². The number of amides is 1. The Hall–Kier alpha value is -2.19. The third-order valence-corrected chi connectivity index (χ3v) is 6.22. The van der Waals surface area contributed by atoms with E-state index < -0.39 is 16.0 Å². The second kappa shape index (κ2) is 9.14. The first-order chi connectivity index (χ1) is 12.8. The van der Waals surface area contributed by atoms with Crippen molar-refractivity contribution in [2.75, 3.05) is 27.2 Å². The zero-order valence-corrected chi connectivity index (χ0v) is 16.8. The molecule has 0 fully saturated rings. The highest BCUT2D eigenvalue weighted by atomic mass is 32.2. The van der Waals surface area contributed by atoms with Gasteiger partial charge in [0.15, 0.2) is 6.61 Å². The SMILES string of the molecule is CCN(C(=O)COC(=O)c1cccc(S(=O)(=O)N(C)C)c1)C1=CCCCC1. The number of nitrogens with zero attached hydrogens (tertiary/aromatic N) is 2. The molecule has 0 heterocycles. The summed E-state index contributed by atoms with van der Waals surface area (Å²) in [6.07, 6.45) is 6.02. The maximum absolute atomic E-state index is 12.4. The Balaban J connectivity index is 2.05. The molecular weight excluding hydrogens is 368 g/mol. The molecule has 0 spiro atoms. The van der Waals surface area contributed by atoms with Crippen LogP contribution in [0.4, 0.5) is 0 Å². The minimum Gasteiger partial charge on any atom is -0.452 e. The molecule has 1 aliphatic carbocycles. The van der Waals surface area contributed by atoms with Crippen LogP contribution < -0.4 is 0 Å². The zero-order chi connectivity index (χ0) is 20.0. The van der Waals surface area contributed by atoms with Crippen LogP contribution in [0.15, 0.2) is 40.9 Å². The van der Waals surface area contributed by atoms with Crippen molar-refractivity contribution in [1.82, 2.24) is 9.21 Å². The van der Waals surface area contributed by atoms with Gasteiger partial charge in [-0.05, 0) is 50.8 Å². The highest BCUT2D eigenvalue weighted by Gasteiger charge is 2.22. The fourth-order valence-corrected chi connectivity index (χ4v) is 3.84. The predicted octanol–water partition coefficient (Wildman–Crippen LogP) is 2.40. The van der Waals surface area contributed by atoms with E-state index in [4.69, 9.17) is 4.74 Å². The number of benzene rings is 1. The number of esters is 1. The Morgan fingerprint density at radius 1 is 1.19 bits per heavy atom. The molecule has 8 heteroatoms. The molecule has 1 aliphatic rings. The van der Waals surface area contributed by atoms with E-state index in [2.05, 4.69) is 6.08 Å². The maximum Gasteiger partial charge on any atom is 0.338 e. The number of allylic oxidation sites excluding steroid dienone is 2. The molecule has 148 valence electrons. The average Bonchev–Trinajstić information content (AvgIpc) is 2.67. The minimum atomic E-state index is -3.65. The van der Waals surface area contributed by atoms with Crippen LogP contribution in [-0.2, 0) is 19.6 Å². The molecule has 0 aliphatic heterocycles.